The Kier molecular flexibility index (Phi) is 4.96. The highest BCUT2D eigenvalue weighted by atomic mass is 16.5. The van der Waals surface area contributed by atoms with Gasteiger partial charge in [-0.1, -0.05) is 19.1 Å². The van der Waals surface area contributed by atoms with Gasteiger partial charge in [-0.15, -0.1) is 0 Å². The average Bonchev–Trinajstić information content (AvgIpc) is 2.96. The topological polar surface area (TPSA) is 48.7 Å². The van der Waals surface area contributed by atoms with Gasteiger partial charge in [0.25, 0.3) is 0 Å². The summed E-state index contributed by atoms with van der Waals surface area (Å²) in [7, 11) is 1.61. The van der Waals surface area contributed by atoms with Gasteiger partial charge < -0.3 is 13.9 Å². The number of methoxy groups -OCH3 is 1. The number of furan rings is 1. The quantitative estimate of drug-likeness (QED) is 0.575. The average molecular weight is 274 g/mol. The van der Waals surface area contributed by atoms with Crippen LogP contribution in [0.1, 0.15) is 28.6 Å². The van der Waals surface area contributed by atoms with E-state index in [1.807, 2.05) is 19.1 Å². The smallest absolute Gasteiger partial charge is 0.200 e. The number of hydrogen-bond donors (Lipinski definition) is 0. The van der Waals surface area contributed by atoms with Crippen molar-refractivity contribution >= 4 is 5.78 Å². The summed E-state index contributed by atoms with van der Waals surface area (Å²) in [5, 5.41) is 0. The highest BCUT2D eigenvalue weighted by Crippen LogP contribution is 2.24. The van der Waals surface area contributed by atoms with Crippen molar-refractivity contribution in [3.63, 3.8) is 0 Å². The standard InChI is InChI=1S/C16H18O4/c1-3-14-13(8-9-19-14)16(17)12-6-4-5-7-15(12)20-11-10-18-2/h4-9H,3,10-11H2,1-2H3. The van der Waals surface area contributed by atoms with E-state index in [1.54, 1.807) is 31.6 Å². The second-order valence-electron chi connectivity index (χ2n) is 4.28. The maximum Gasteiger partial charge on any atom is 0.200 e. The lowest BCUT2D eigenvalue weighted by molar-refractivity contribution is 0.102. The number of carbonyl (C=O) groups excluding carboxylic acids is 1. The number of aryl methyl sites for hydroxylation is 1. The molecule has 0 bridgehead atoms. The second-order valence-corrected chi connectivity index (χ2v) is 4.28. The maximum atomic E-state index is 12.6. The molecule has 1 aromatic heterocycles. The largest absolute Gasteiger partial charge is 0.490 e. The SMILES string of the molecule is CCc1occc1C(=O)c1ccccc1OCCOC. The van der Waals surface area contributed by atoms with Crippen molar-refractivity contribution < 1.29 is 18.7 Å². The second kappa shape index (κ2) is 6.91. The molecule has 0 aliphatic heterocycles. The molecule has 0 atom stereocenters. The highest BCUT2D eigenvalue weighted by Gasteiger charge is 2.18. The molecule has 0 saturated carbocycles. The molecule has 2 aromatic rings. The zero-order valence-electron chi connectivity index (χ0n) is 11.7. The normalized spacial score (nSPS) is 10.5. The number of hydrogen-bond acceptors (Lipinski definition) is 4. The molecule has 0 saturated heterocycles. The van der Waals surface area contributed by atoms with Crippen LogP contribution in [0, 0.1) is 0 Å². The van der Waals surface area contributed by atoms with Gasteiger partial charge in [-0.2, -0.15) is 0 Å². The summed E-state index contributed by atoms with van der Waals surface area (Å²) >= 11 is 0. The fourth-order valence-corrected chi connectivity index (χ4v) is 1.98. The van der Waals surface area contributed by atoms with Crippen LogP contribution in [-0.2, 0) is 11.2 Å². The van der Waals surface area contributed by atoms with E-state index in [4.69, 9.17) is 13.9 Å². The summed E-state index contributed by atoms with van der Waals surface area (Å²) in [5.41, 5.74) is 1.13. The zero-order valence-corrected chi connectivity index (χ0v) is 11.7. The molecular formula is C16H18O4. The summed E-state index contributed by atoms with van der Waals surface area (Å²) in [6.45, 7) is 2.85. The van der Waals surface area contributed by atoms with E-state index in [0.717, 1.165) is 0 Å². The Labute approximate surface area is 118 Å². The van der Waals surface area contributed by atoms with Crippen LogP contribution in [0.2, 0.25) is 0 Å². The first-order chi connectivity index (χ1) is 9.77. The van der Waals surface area contributed by atoms with E-state index in [-0.39, 0.29) is 5.78 Å². The van der Waals surface area contributed by atoms with E-state index >= 15 is 0 Å². The Morgan fingerprint density at radius 2 is 1.95 bits per heavy atom. The molecule has 2 rings (SSSR count). The third-order valence-electron chi connectivity index (χ3n) is 2.99. The van der Waals surface area contributed by atoms with Gasteiger partial charge in [0.2, 0.25) is 0 Å². The van der Waals surface area contributed by atoms with Gasteiger partial charge in [-0.3, -0.25) is 4.79 Å². The molecule has 20 heavy (non-hydrogen) atoms. The molecule has 106 valence electrons. The van der Waals surface area contributed by atoms with Gasteiger partial charge in [0, 0.05) is 13.5 Å². The lowest BCUT2D eigenvalue weighted by Crippen LogP contribution is -2.09. The number of rotatable bonds is 7. The van der Waals surface area contributed by atoms with Crippen LogP contribution in [0.15, 0.2) is 41.0 Å². The molecule has 0 amide bonds. The van der Waals surface area contributed by atoms with Crippen molar-refractivity contribution in [2.75, 3.05) is 20.3 Å². The van der Waals surface area contributed by atoms with Crippen LogP contribution in [0.4, 0.5) is 0 Å². The molecule has 0 spiro atoms. The van der Waals surface area contributed by atoms with Crippen molar-refractivity contribution in [3.8, 4) is 5.75 Å². The van der Waals surface area contributed by atoms with E-state index in [1.165, 1.54) is 0 Å². The number of ether oxygens (including phenoxy) is 2. The van der Waals surface area contributed by atoms with E-state index < -0.39 is 0 Å². The van der Waals surface area contributed by atoms with Crippen LogP contribution in [0.5, 0.6) is 5.75 Å². The molecular weight excluding hydrogens is 256 g/mol. The first-order valence-electron chi connectivity index (χ1n) is 6.59. The zero-order chi connectivity index (χ0) is 14.4. The van der Waals surface area contributed by atoms with Gasteiger partial charge in [-0.05, 0) is 18.2 Å². The lowest BCUT2D eigenvalue weighted by Gasteiger charge is -2.10. The molecule has 0 aliphatic carbocycles. The minimum absolute atomic E-state index is 0.0800. The molecule has 0 unspecified atom stereocenters. The summed E-state index contributed by atoms with van der Waals surface area (Å²) in [4.78, 5) is 12.6. The van der Waals surface area contributed by atoms with Crippen molar-refractivity contribution in [3.05, 3.63) is 53.5 Å². The molecule has 0 fully saturated rings. The Morgan fingerprint density at radius 3 is 2.70 bits per heavy atom. The van der Waals surface area contributed by atoms with Gasteiger partial charge in [0.1, 0.15) is 18.1 Å². The molecule has 0 N–H and O–H groups in total. The summed E-state index contributed by atoms with van der Waals surface area (Å²) in [6.07, 6.45) is 2.22. The van der Waals surface area contributed by atoms with Crippen LogP contribution >= 0.6 is 0 Å². The minimum atomic E-state index is -0.0800. The first-order valence-corrected chi connectivity index (χ1v) is 6.59. The van der Waals surface area contributed by atoms with Crippen LogP contribution < -0.4 is 4.74 Å². The fourth-order valence-electron chi connectivity index (χ4n) is 1.98. The fraction of sp³-hybridized carbons (Fsp3) is 0.312. The summed E-state index contributed by atoms with van der Waals surface area (Å²) < 4.78 is 15.9. The summed E-state index contributed by atoms with van der Waals surface area (Å²) in [5.74, 6) is 1.18. The Balaban J connectivity index is 2.25. The number of benzene rings is 1. The van der Waals surface area contributed by atoms with Crippen molar-refractivity contribution in [1.29, 1.82) is 0 Å². The van der Waals surface area contributed by atoms with Gasteiger partial charge in [0.05, 0.1) is 24.0 Å². The molecule has 4 heteroatoms. The maximum absolute atomic E-state index is 12.6. The molecule has 4 nitrogen and oxygen atoms in total. The van der Waals surface area contributed by atoms with Crippen molar-refractivity contribution in [2.45, 2.75) is 13.3 Å². The Hall–Kier alpha value is -2.07. The molecule has 0 aliphatic rings. The third-order valence-corrected chi connectivity index (χ3v) is 2.99. The molecule has 0 radical (unpaired) electrons. The first kappa shape index (κ1) is 14.3. The highest BCUT2D eigenvalue weighted by molar-refractivity contribution is 6.11. The van der Waals surface area contributed by atoms with E-state index in [2.05, 4.69) is 0 Å². The van der Waals surface area contributed by atoms with Crippen LogP contribution in [-0.4, -0.2) is 26.1 Å². The minimum Gasteiger partial charge on any atom is -0.490 e. The van der Waals surface area contributed by atoms with Gasteiger partial charge in [-0.25, -0.2) is 0 Å². The summed E-state index contributed by atoms with van der Waals surface area (Å²) in [6, 6.07) is 8.91. The van der Waals surface area contributed by atoms with Crippen LogP contribution in [0.25, 0.3) is 0 Å². The van der Waals surface area contributed by atoms with Crippen molar-refractivity contribution in [2.24, 2.45) is 0 Å². The lowest BCUT2D eigenvalue weighted by atomic mass is 10.0. The Bertz CT molecular complexity index is 571. The van der Waals surface area contributed by atoms with Gasteiger partial charge in [0.15, 0.2) is 5.78 Å². The van der Waals surface area contributed by atoms with Crippen LogP contribution in [0.3, 0.4) is 0 Å². The molecule has 1 aromatic carbocycles. The van der Waals surface area contributed by atoms with E-state index in [0.29, 0.717) is 42.3 Å². The predicted molar refractivity (Wildman–Crippen MR) is 75.3 cm³/mol. The van der Waals surface area contributed by atoms with Crippen molar-refractivity contribution in [1.82, 2.24) is 0 Å². The third kappa shape index (κ3) is 3.08. The number of para-hydroxylation sites is 1. The van der Waals surface area contributed by atoms with Gasteiger partial charge >= 0.3 is 0 Å². The Morgan fingerprint density at radius 1 is 1.15 bits per heavy atom. The molecule has 1 heterocycles. The predicted octanol–water partition coefficient (Wildman–Crippen LogP) is 3.10. The van der Waals surface area contributed by atoms with E-state index in [9.17, 15) is 4.79 Å². The number of carbonyl (C=O) groups is 1. The number of ketones is 1. The monoisotopic (exact) mass is 274 g/mol.